The fourth-order valence-electron chi connectivity index (χ4n) is 3.82. The summed E-state index contributed by atoms with van der Waals surface area (Å²) < 4.78 is 1.56. The molecule has 0 unspecified atom stereocenters. The highest BCUT2D eigenvalue weighted by atomic mass is 16.2. The third kappa shape index (κ3) is 4.29. The molecule has 0 bridgehead atoms. The normalized spacial score (nSPS) is 24.3. The Labute approximate surface area is 132 Å². The summed E-state index contributed by atoms with van der Waals surface area (Å²) in [6, 6.07) is 0.794. The van der Waals surface area contributed by atoms with Crippen molar-refractivity contribution in [2.45, 2.75) is 57.5 Å². The molecule has 1 aromatic rings. The summed E-state index contributed by atoms with van der Waals surface area (Å²) in [7, 11) is 0. The molecule has 0 aromatic carbocycles. The first-order valence-electron chi connectivity index (χ1n) is 8.66. The van der Waals surface area contributed by atoms with Crippen molar-refractivity contribution >= 4 is 5.91 Å². The number of nitrogens with one attached hydrogen (secondary N) is 1. The van der Waals surface area contributed by atoms with Crippen molar-refractivity contribution in [2.75, 3.05) is 19.6 Å². The molecule has 1 aliphatic heterocycles. The molecule has 3 rings (SSSR count). The molecule has 1 atom stereocenters. The number of likely N-dealkylation sites (tertiary alicyclic amines) is 1. The zero-order valence-corrected chi connectivity index (χ0v) is 13.3. The largest absolute Gasteiger partial charge is 0.354 e. The van der Waals surface area contributed by atoms with Crippen LogP contribution in [0.25, 0.3) is 0 Å². The monoisotopic (exact) mass is 305 g/mol. The van der Waals surface area contributed by atoms with Crippen molar-refractivity contribution in [3.63, 3.8) is 0 Å². The maximum Gasteiger partial charge on any atom is 0.241 e. The predicted molar refractivity (Wildman–Crippen MR) is 84.2 cm³/mol. The van der Waals surface area contributed by atoms with E-state index in [0.717, 1.165) is 19.1 Å². The Kier molecular flexibility index (Phi) is 5.43. The van der Waals surface area contributed by atoms with E-state index in [9.17, 15) is 4.79 Å². The van der Waals surface area contributed by atoms with E-state index in [1.807, 2.05) is 0 Å². The van der Waals surface area contributed by atoms with Gasteiger partial charge in [-0.25, -0.2) is 4.68 Å². The van der Waals surface area contributed by atoms with Gasteiger partial charge in [0, 0.05) is 25.3 Å². The average molecular weight is 305 g/mol. The molecule has 0 radical (unpaired) electrons. The zero-order valence-electron chi connectivity index (χ0n) is 13.3. The standard InChI is InChI=1S/C16H27N5O/c22-16(13-21-10-8-18-19-21)17-11-14-5-4-9-20(12-14)15-6-2-1-3-7-15/h8,10,14-15H,1-7,9,11-13H2,(H,17,22)/t14-/m0/s1. The highest BCUT2D eigenvalue weighted by molar-refractivity contribution is 5.75. The Morgan fingerprint density at radius 1 is 1.18 bits per heavy atom. The van der Waals surface area contributed by atoms with Gasteiger partial charge in [-0.1, -0.05) is 24.5 Å². The van der Waals surface area contributed by atoms with E-state index in [1.54, 1.807) is 17.1 Å². The van der Waals surface area contributed by atoms with Gasteiger partial charge in [-0.05, 0) is 38.1 Å². The molecule has 2 aliphatic rings. The fraction of sp³-hybridized carbons (Fsp3) is 0.812. The van der Waals surface area contributed by atoms with E-state index in [4.69, 9.17) is 0 Å². The Morgan fingerprint density at radius 2 is 2.05 bits per heavy atom. The highest BCUT2D eigenvalue weighted by Crippen LogP contribution is 2.26. The number of nitrogens with zero attached hydrogens (tertiary/aromatic N) is 4. The smallest absolute Gasteiger partial charge is 0.241 e. The van der Waals surface area contributed by atoms with Gasteiger partial charge in [0.2, 0.25) is 5.91 Å². The van der Waals surface area contributed by atoms with Gasteiger partial charge in [-0.2, -0.15) is 0 Å². The maximum absolute atomic E-state index is 11.9. The van der Waals surface area contributed by atoms with Gasteiger partial charge in [0.25, 0.3) is 0 Å². The molecule has 1 N–H and O–H groups in total. The second-order valence-corrected chi connectivity index (χ2v) is 6.70. The Morgan fingerprint density at radius 3 is 2.82 bits per heavy atom. The van der Waals surface area contributed by atoms with Gasteiger partial charge in [0.1, 0.15) is 6.54 Å². The second kappa shape index (κ2) is 7.72. The minimum absolute atomic E-state index is 0.0280. The Hall–Kier alpha value is -1.43. The quantitative estimate of drug-likeness (QED) is 0.894. The molecule has 2 fully saturated rings. The van der Waals surface area contributed by atoms with E-state index in [1.165, 1.54) is 51.5 Å². The van der Waals surface area contributed by atoms with Crippen LogP contribution in [0.3, 0.4) is 0 Å². The van der Waals surface area contributed by atoms with Crippen LogP contribution < -0.4 is 5.32 Å². The summed E-state index contributed by atoms with van der Waals surface area (Å²) in [5.41, 5.74) is 0. The van der Waals surface area contributed by atoms with Crippen LogP contribution in [0, 0.1) is 5.92 Å². The zero-order chi connectivity index (χ0) is 15.2. The average Bonchev–Trinajstić information content (AvgIpc) is 3.07. The van der Waals surface area contributed by atoms with Gasteiger partial charge in [-0.15, -0.1) is 5.10 Å². The third-order valence-corrected chi connectivity index (χ3v) is 5.01. The van der Waals surface area contributed by atoms with Crippen LogP contribution in [-0.4, -0.2) is 51.5 Å². The van der Waals surface area contributed by atoms with Crippen LogP contribution in [-0.2, 0) is 11.3 Å². The van der Waals surface area contributed by atoms with E-state index in [-0.39, 0.29) is 12.5 Å². The maximum atomic E-state index is 11.9. The molecule has 0 spiro atoms. The van der Waals surface area contributed by atoms with Crippen LogP contribution in [0.4, 0.5) is 0 Å². The number of hydrogen-bond donors (Lipinski definition) is 1. The molecule has 1 saturated carbocycles. The number of aromatic nitrogens is 3. The number of amides is 1. The van der Waals surface area contributed by atoms with E-state index in [2.05, 4.69) is 20.5 Å². The summed E-state index contributed by atoms with van der Waals surface area (Å²) >= 11 is 0. The number of carbonyl (C=O) groups excluding carboxylic acids is 1. The van der Waals surface area contributed by atoms with Crippen molar-refractivity contribution in [3.05, 3.63) is 12.4 Å². The number of hydrogen-bond acceptors (Lipinski definition) is 4. The number of rotatable bonds is 5. The minimum atomic E-state index is 0.0280. The number of piperidine rings is 1. The lowest BCUT2D eigenvalue weighted by atomic mass is 9.90. The molecule has 6 heteroatoms. The SMILES string of the molecule is O=C(Cn1ccnn1)NC[C@@H]1CCCN(C2CCCCC2)C1. The molecule has 122 valence electrons. The lowest BCUT2D eigenvalue weighted by molar-refractivity contribution is -0.122. The van der Waals surface area contributed by atoms with Gasteiger partial charge in [0.15, 0.2) is 0 Å². The van der Waals surface area contributed by atoms with Crippen molar-refractivity contribution < 1.29 is 4.79 Å². The van der Waals surface area contributed by atoms with Crippen molar-refractivity contribution in [3.8, 4) is 0 Å². The first-order valence-corrected chi connectivity index (χ1v) is 8.66. The molecule has 6 nitrogen and oxygen atoms in total. The Bertz CT molecular complexity index is 455. The molecule has 1 aromatic heterocycles. The minimum Gasteiger partial charge on any atom is -0.354 e. The molecule has 1 amide bonds. The Balaban J connectivity index is 1.41. The summed E-state index contributed by atoms with van der Waals surface area (Å²) in [6.45, 7) is 3.44. The highest BCUT2D eigenvalue weighted by Gasteiger charge is 2.27. The molecule has 1 aliphatic carbocycles. The van der Waals surface area contributed by atoms with Crippen LogP contribution in [0.1, 0.15) is 44.9 Å². The summed E-state index contributed by atoms with van der Waals surface area (Å²) in [5.74, 6) is 0.621. The van der Waals surface area contributed by atoms with Crippen molar-refractivity contribution in [2.24, 2.45) is 5.92 Å². The summed E-state index contributed by atoms with van der Waals surface area (Å²) in [5, 5.41) is 10.6. The molecular formula is C16H27N5O. The van der Waals surface area contributed by atoms with E-state index >= 15 is 0 Å². The lowest BCUT2D eigenvalue weighted by Gasteiger charge is -2.40. The first-order chi connectivity index (χ1) is 10.8. The van der Waals surface area contributed by atoms with E-state index < -0.39 is 0 Å². The lowest BCUT2D eigenvalue weighted by Crippen LogP contribution is -2.46. The molecular weight excluding hydrogens is 278 g/mol. The molecule has 22 heavy (non-hydrogen) atoms. The van der Waals surface area contributed by atoms with Crippen LogP contribution in [0.2, 0.25) is 0 Å². The fourth-order valence-corrected chi connectivity index (χ4v) is 3.82. The number of carbonyl (C=O) groups is 1. The van der Waals surface area contributed by atoms with Gasteiger partial charge < -0.3 is 10.2 Å². The van der Waals surface area contributed by atoms with Crippen molar-refractivity contribution in [1.82, 2.24) is 25.2 Å². The van der Waals surface area contributed by atoms with Crippen LogP contribution in [0.5, 0.6) is 0 Å². The van der Waals surface area contributed by atoms with E-state index in [0.29, 0.717) is 5.92 Å². The molecule has 2 heterocycles. The van der Waals surface area contributed by atoms with Gasteiger partial charge in [0.05, 0.1) is 6.20 Å². The second-order valence-electron chi connectivity index (χ2n) is 6.70. The summed E-state index contributed by atoms with van der Waals surface area (Å²) in [6.07, 6.45) is 12.7. The summed E-state index contributed by atoms with van der Waals surface area (Å²) in [4.78, 5) is 14.6. The topological polar surface area (TPSA) is 63.1 Å². The van der Waals surface area contributed by atoms with Crippen molar-refractivity contribution in [1.29, 1.82) is 0 Å². The molecule has 1 saturated heterocycles. The van der Waals surface area contributed by atoms with Crippen LogP contribution >= 0.6 is 0 Å². The first kappa shape index (κ1) is 15.5. The predicted octanol–water partition coefficient (Wildman–Crippen LogP) is 1.44. The van der Waals surface area contributed by atoms with Gasteiger partial charge in [-0.3, -0.25) is 4.79 Å². The van der Waals surface area contributed by atoms with Crippen LogP contribution in [0.15, 0.2) is 12.4 Å². The van der Waals surface area contributed by atoms with Gasteiger partial charge >= 0.3 is 0 Å². The third-order valence-electron chi connectivity index (χ3n) is 5.01.